The summed E-state index contributed by atoms with van der Waals surface area (Å²) in [6.45, 7) is 0. The molecule has 0 atom stereocenters. The van der Waals surface area contributed by atoms with Gasteiger partial charge in [-0.3, -0.25) is 0 Å². The van der Waals surface area contributed by atoms with Gasteiger partial charge in [0, 0.05) is 10.7 Å². The van der Waals surface area contributed by atoms with E-state index in [-0.39, 0.29) is 0 Å². The molecule has 0 N–H and O–H groups in total. The quantitative estimate of drug-likeness (QED) is 0.643. The van der Waals surface area contributed by atoms with Crippen LogP contribution in [0.5, 0.6) is 0 Å². The lowest BCUT2D eigenvalue weighted by Crippen LogP contribution is -1.82. The van der Waals surface area contributed by atoms with Crippen LogP contribution in [0.15, 0.2) is 39.4 Å². The van der Waals surface area contributed by atoms with E-state index < -0.39 is 0 Å². The molecule has 0 spiro atoms. The van der Waals surface area contributed by atoms with Gasteiger partial charge in [-0.25, -0.2) is 9.97 Å². The van der Waals surface area contributed by atoms with Crippen LogP contribution in [0.1, 0.15) is 0 Å². The Morgan fingerprint density at radius 1 is 1.12 bits per heavy atom. The van der Waals surface area contributed by atoms with Crippen molar-refractivity contribution < 1.29 is 4.42 Å². The summed E-state index contributed by atoms with van der Waals surface area (Å²) in [6, 6.07) is 7.09. The molecule has 0 aliphatic carbocycles. The molecule has 0 aromatic carbocycles. The van der Waals surface area contributed by atoms with Crippen molar-refractivity contribution in [3.63, 3.8) is 0 Å². The molecular formula is C11H5BrClN3O. The van der Waals surface area contributed by atoms with Crippen molar-refractivity contribution in [1.82, 2.24) is 15.0 Å². The standard InChI is InChI=1S/C11H5BrClN3O/c12-6-1-2-7(14-5-6)11-16-10-8(17-11)3-4-9(13)15-10/h1-5H. The number of rotatable bonds is 1. The Morgan fingerprint density at radius 2 is 2.00 bits per heavy atom. The van der Waals surface area contributed by atoms with Gasteiger partial charge in [-0.2, -0.15) is 4.98 Å². The van der Waals surface area contributed by atoms with Crippen LogP contribution in [-0.2, 0) is 0 Å². The monoisotopic (exact) mass is 309 g/mol. The van der Waals surface area contributed by atoms with Crippen molar-refractivity contribution >= 4 is 38.8 Å². The van der Waals surface area contributed by atoms with Crippen molar-refractivity contribution in [1.29, 1.82) is 0 Å². The molecule has 0 amide bonds. The number of nitrogens with zero attached hydrogens (tertiary/aromatic N) is 3. The van der Waals surface area contributed by atoms with Gasteiger partial charge >= 0.3 is 0 Å². The molecule has 0 saturated heterocycles. The summed E-state index contributed by atoms with van der Waals surface area (Å²) in [5.74, 6) is 0.433. The fourth-order valence-electron chi connectivity index (χ4n) is 1.41. The Balaban J connectivity index is 2.14. The molecule has 3 aromatic heterocycles. The highest BCUT2D eigenvalue weighted by Gasteiger charge is 2.10. The summed E-state index contributed by atoms with van der Waals surface area (Å²) in [7, 11) is 0. The maximum atomic E-state index is 5.78. The first-order chi connectivity index (χ1) is 8.22. The van der Waals surface area contributed by atoms with Gasteiger partial charge in [0.15, 0.2) is 5.58 Å². The van der Waals surface area contributed by atoms with E-state index in [0.29, 0.717) is 28.0 Å². The minimum atomic E-state index is 0.390. The molecule has 0 radical (unpaired) electrons. The lowest BCUT2D eigenvalue weighted by Gasteiger charge is -1.93. The second-order valence-corrected chi connectivity index (χ2v) is 4.64. The molecule has 6 heteroatoms. The molecule has 0 aliphatic heterocycles. The van der Waals surface area contributed by atoms with Crippen molar-refractivity contribution in [3.05, 3.63) is 40.1 Å². The molecule has 0 aliphatic rings. The average Bonchev–Trinajstić information content (AvgIpc) is 2.72. The zero-order valence-electron chi connectivity index (χ0n) is 8.39. The predicted octanol–water partition coefficient (Wildman–Crippen LogP) is 3.70. The Morgan fingerprint density at radius 3 is 2.76 bits per heavy atom. The highest BCUT2D eigenvalue weighted by atomic mass is 79.9. The van der Waals surface area contributed by atoms with Crippen LogP contribution in [0.3, 0.4) is 0 Å². The third-order valence-electron chi connectivity index (χ3n) is 2.17. The number of aromatic nitrogens is 3. The Labute approximate surface area is 110 Å². The summed E-state index contributed by atoms with van der Waals surface area (Å²) in [6.07, 6.45) is 1.69. The van der Waals surface area contributed by atoms with Gasteiger partial charge in [-0.1, -0.05) is 11.6 Å². The van der Waals surface area contributed by atoms with Crippen LogP contribution in [0.2, 0.25) is 5.15 Å². The second-order valence-electron chi connectivity index (χ2n) is 3.34. The van der Waals surface area contributed by atoms with Crippen molar-refractivity contribution in [2.75, 3.05) is 0 Å². The van der Waals surface area contributed by atoms with Crippen molar-refractivity contribution in [2.24, 2.45) is 0 Å². The van der Waals surface area contributed by atoms with Crippen molar-refractivity contribution in [2.45, 2.75) is 0 Å². The van der Waals surface area contributed by atoms with Gasteiger partial charge in [0.05, 0.1) is 0 Å². The maximum absolute atomic E-state index is 5.78. The Kier molecular flexibility index (Phi) is 2.57. The molecule has 84 valence electrons. The first-order valence-electron chi connectivity index (χ1n) is 4.77. The van der Waals surface area contributed by atoms with Crippen molar-refractivity contribution in [3.8, 4) is 11.6 Å². The summed E-state index contributed by atoms with van der Waals surface area (Å²) in [4.78, 5) is 12.5. The SMILES string of the molecule is Clc1ccc2oc(-c3ccc(Br)cn3)nc2n1. The van der Waals surface area contributed by atoms with Gasteiger partial charge in [0.1, 0.15) is 10.8 Å². The molecule has 3 heterocycles. The van der Waals surface area contributed by atoms with Crippen LogP contribution in [0.25, 0.3) is 22.8 Å². The minimum absolute atomic E-state index is 0.390. The number of oxazole rings is 1. The van der Waals surface area contributed by atoms with Crippen LogP contribution >= 0.6 is 27.5 Å². The summed E-state index contributed by atoms with van der Waals surface area (Å²) in [5, 5.41) is 0.390. The topological polar surface area (TPSA) is 51.8 Å². The Bertz CT molecular complexity index is 681. The van der Waals surface area contributed by atoms with E-state index in [1.54, 1.807) is 18.3 Å². The minimum Gasteiger partial charge on any atom is -0.433 e. The second kappa shape index (κ2) is 4.09. The molecule has 3 aromatic rings. The fraction of sp³-hybridized carbons (Fsp3) is 0. The van der Waals surface area contributed by atoms with Gasteiger partial charge in [0.2, 0.25) is 11.5 Å². The number of pyridine rings is 2. The summed E-state index contributed by atoms with van der Waals surface area (Å²) < 4.78 is 6.44. The van der Waals surface area contributed by atoms with E-state index in [1.807, 2.05) is 12.1 Å². The third kappa shape index (κ3) is 2.03. The molecule has 0 saturated carbocycles. The summed E-state index contributed by atoms with van der Waals surface area (Å²) in [5.41, 5.74) is 1.73. The molecule has 0 unspecified atom stereocenters. The van der Waals surface area contributed by atoms with Gasteiger partial charge in [0.25, 0.3) is 0 Å². The molecule has 0 fully saturated rings. The first-order valence-corrected chi connectivity index (χ1v) is 5.94. The largest absolute Gasteiger partial charge is 0.433 e. The van der Waals surface area contributed by atoms with Gasteiger partial charge < -0.3 is 4.42 Å². The zero-order valence-corrected chi connectivity index (χ0v) is 10.7. The van der Waals surface area contributed by atoms with E-state index in [0.717, 1.165) is 4.47 Å². The van der Waals surface area contributed by atoms with Crippen LogP contribution in [-0.4, -0.2) is 15.0 Å². The van der Waals surface area contributed by atoms with Crippen LogP contribution in [0.4, 0.5) is 0 Å². The normalized spacial score (nSPS) is 10.9. The van der Waals surface area contributed by atoms with E-state index in [9.17, 15) is 0 Å². The molecule has 4 nitrogen and oxygen atoms in total. The predicted molar refractivity (Wildman–Crippen MR) is 67.7 cm³/mol. The number of hydrogen-bond donors (Lipinski definition) is 0. The lowest BCUT2D eigenvalue weighted by molar-refractivity contribution is 0.616. The van der Waals surface area contributed by atoms with E-state index in [1.165, 1.54) is 0 Å². The number of hydrogen-bond acceptors (Lipinski definition) is 4. The molecule has 17 heavy (non-hydrogen) atoms. The van der Waals surface area contributed by atoms with Gasteiger partial charge in [-0.05, 0) is 40.2 Å². The Hall–Kier alpha value is -1.46. The first kappa shape index (κ1) is 10.7. The average molecular weight is 311 g/mol. The van der Waals surface area contributed by atoms with Crippen LogP contribution < -0.4 is 0 Å². The maximum Gasteiger partial charge on any atom is 0.247 e. The molecular weight excluding hydrogens is 305 g/mol. The molecule has 3 rings (SSSR count). The van der Waals surface area contributed by atoms with E-state index in [4.69, 9.17) is 16.0 Å². The molecule has 0 bridgehead atoms. The smallest absolute Gasteiger partial charge is 0.247 e. The van der Waals surface area contributed by atoms with E-state index in [2.05, 4.69) is 30.9 Å². The van der Waals surface area contributed by atoms with E-state index >= 15 is 0 Å². The fourth-order valence-corrected chi connectivity index (χ4v) is 1.78. The number of fused-ring (bicyclic) bond motifs is 1. The third-order valence-corrected chi connectivity index (χ3v) is 2.85. The zero-order chi connectivity index (χ0) is 11.8. The number of halogens is 2. The summed E-state index contributed by atoms with van der Waals surface area (Å²) >= 11 is 9.10. The lowest BCUT2D eigenvalue weighted by atomic mass is 10.3. The highest BCUT2D eigenvalue weighted by Crippen LogP contribution is 2.23. The van der Waals surface area contributed by atoms with Crippen LogP contribution in [0, 0.1) is 0 Å². The van der Waals surface area contributed by atoms with Gasteiger partial charge in [-0.15, -0.1) is 0 Å². The highest BCUT2D eigenvalue weighted by molar-refractivity contribution is 9.10.